The Balaban J connectivity index is 3.78. The minimum Gasteiger partial charge on any atom is -0.466 e. The van der Waals surface area contributed by atoms with E-state index in [2.05, 4.69) is 0 Å². The van der Waals surface area contributed by atoms with Gasteiger partial charge in [0.2, 0.25) is 7.58 Å². The zero-order valence-electron chi connectivity index (χ0n) is 11.7. The molecule has 0 aliphatic heterocycles. The van der Waals surface area contributed by atoms with Gasteiger partial charge in [-0.1, -0.05) is 10.8 Å². The highest BCUT2D eigenvalue weighted by Gasteiger charge is 2.16. The number of carbonyl (C=O) groups excluding carboxylic acids is 1. The lowest BCUT2D eigenvalue weighted by Gasteiger charge is -2.20. The molecule has 0 fully saturated rings. The lowest BCUT2D eigenvalue weighted by molar-refractivity contribution is -0.142. The number of hydrogen-bond donors (Lipinski definition) is 0. The first-order valence-corrected chi connectivity index (χ1v) is 10.1. The standard InChI is InChI=1S/C11H23O4PS2/c1-6-13-11(12)7-8-17-18-16(14-9(2)3)15-10(4)5/h9-10H,6-8H2,1-5H3. The SMILES string of the molecule is CCOC(=O)CCSSP(OC(C)C)OC(C)C. The summed E-state index contributed by atoms with van der Waals surface area (Å²) >= 11 is 0. The predicted molar refractivity (Wildman–Crippen MR) is 80.7 cm³/mol. The molecule has 0 aliphatic rings. The lowest BCUT2D eigenvalue weighted by atomic mass is 10.5. The Labute approximate surface area is 119 Å². The molecule has 108 valence electrons. The van der Waals surface area contributed by atoms with Gasteiger partial charge in [0, 0.05) is 5.75 Å². The van der Waals surface area contributed by atoms with E-state index in [1.165, 1.54) is 0 Å². The van der Waals surface area contributed by atoms with Crippen molar-refractivity contribution in [3.05, 3.63) is 0 Å². The number of rotatable bonds is 10. The minimum absolute atomic E-state index is 0.146. The fourth-order valence-electron chi connectivity index (χ4n) is 0.843. The zero-order chi connectivity index (χ0) is 14.0. The molecule has 0 aliphatic carbocycles. The Morgan fingerprint density at radius 2 is 1.72 bits per heavy atom. The van der Waals surface area contributed by atoms with Crippen LogP contribution in [0.5, 0.6) is 0 Å². The summed E-state index contributed by atoms with van der Waals surface area (Å²) in [7, 11) is 2.21. The van der Waals surface area contributed by atoms with Crippen molar-refractivity contribution in [1.82, 2.24) is 0 Å². The Hall–Kier alpha value is 0.520. The molecular formula is C11H23O4PS2. The number of carbonyl (C=O) groups is 1. The molecule has 4 nitrogen and oxygen atoms in total. The highest BCUT2D eigenvalue weighted by Crippen LogP contribution is 2.59. The van der Waals surface area contributed by atoms with E-state index < -0.39 is 7.58 Å². The van der Waals surface area contributed by atoms with Gasteiger partial charge in [0.15, 0.2) is 0 Å². The molecule has 0 aromatic carbocycles. The third-order valence-corrected chi connectivity index (χ3v) is 6.93. The maximum atomic E-state index is 11.1. The molecule has 0 radical (unpaired) electrons. The van der Waals surface area contributed by atoms with E-state index in [0.29, 0.717) is 18.8 Å². The molecule has 0 saturated heterocycles. The summed E-state index contributed by atoms with van der Waals surface area (Å²) in [6.07, 6.45) is 0.721. The number of esters is 1. The summed E-state index contributed by atoms with van der Waals surface area (Å²) in [6, 6.07) is 0. The second-order valence-corrected chi connectivity index (χ2v) is 9.04. The average molecular weight is 314 g/mol. The van der Waals surface area contributed by atoms with Gasteiger partial charge in [-0.15, -0.1) is 0 Å². The number of ether oxygens (including phenoxy) is 1. The molecule has 0 spiro atoms. The van der Waals surface area contributed by atoms with E-state index in [1.807, 2.05) is 34.6 Å². The largest absolute Gasteiger partial charge is 0.466 e. The van der Waals surface area contributed by atoms with Crippen LogP contribution in [-0.2, 0) is 18.6 Å². The van der Waals surface area contributed by atoms with Gasteiger partial charge >= 0.3 is 5.97 Å². The van der Waals surface area contributed by atoms with Crippen LogP contribution in [0.1, 0.15) is 41.0 Å². The third kappa shape index (κ3) is 11.6. The molecular weight excluding hydrogens is 291 g/mol. The van der Waals surface area contributed by atoms with Crippen LogP contribution >= 0.6 is 28.8 Å². The van der Waals surface area contributed by atoms with Crippen LogP contribution in [0.2, 0.25) is 0 Å². The summed E-state index contributed by atoms with van der Waals surface area (Å²) in [6.45, 7) is 10.2. The monoisotopic (exact) mass is 314 g/mol. The molecule has 0 rings (SSSR count). The average Bonchev–Trinajstić information content (AvgIpc) is 2.23. The quantitative estimate of drug-likeness (QED) is 0.258. The first kappa shape index (κ1) is 18.5. The second kappa shape index (κ2) is 11.4. The molecule has 0 unspecified atom stereocenters. The summed E-state index contributed by atoms with van der Waals surface area (Å²) in [5.41, 5.74) is 0. The van der Waals surface area contributed by atoms with Crippen molar-refractivity contribution in [3.63, 3.8) is 0 Å². The summed E-state index contributed by atoms with van der Waals surface area (Å²) in [4.78, 5) is 11.1. The summed E-state index contributed by atoms with van der Waals surface area (Å²) < 4.78 is 16.2. The lowest BCUT2D eigenvalue weighted by Crippen LogP contribution is -2.04. The molecule has 0 aromatic rings. The molecule has 0 atom stereocenters. The van der Waals surface area contributed by atoms with Crippen LogP contribution in [-0.4, -0.2) is 30.5 Å². The van der Waals surface area contributed by atoms with E-state index in [4.69, 9.17) is 13.8 Å². The fraction of sp³-hybridized carbons (Fsp3) is 0.909. The van der Waals surface area contributed by atoms with Crippen molar-refractivity contribution in [1.29, 1.82) is 0 Å². The van der Waals surface area contributed by atoms with Gasteiger partial charge in [-0.05, 0) is 45.0 Å². The van der Waals surface area contributed by atoms with E-state index in [9.17, 15) is 4.79 Å². The summed E-state index contributed by atoms with van der Waals surface area (Å²) in [5, 5.41) is 0. The molecule has 0 amide bonds. The van der Waals surface area contributed by atoms with Crippen LogP contribution in [0.25, 0.3) is 0 Å². The van der Waals surface area contributed by atoms with Gasteiger partial charge in [-0.25, -0.2) is 0 Å². The van der Waals surface area contributed by atoms with Crippen LogP contribution in [0.15, 0.2) is 0 Å². The zero-order valence-corrected chi connectivity index (χ0v) is 14.2. The van der Waals surface area contributed by atoms with Crippen molar-refractivity contribution in [2.75, 3.05) is 12.4 Å². The van der Waals surface area contributed by atoms with Crippen molar-refractivity contribution in [2.24, 2.45) is 0 Å². The van der Waals surface area contributed by atoms with Crippen molar-refractivity contribution >= 4 is 34.8 Å². The van der Waals surface area contributed by atoms with E-state index in [0.717, 1.165) is 0 Å². The van der Waals surface area contributed by atoms with Gasteiger partial charge in [-0.2, -0.15) is 0 Å². The molecule has 7 heteroatoms. The maximum absolute atomic E-state index is 11.1. The van der Waals surface area contributed by atoms with Crippen LogP contribution in [0, 0.1) is 0 Å². The molecule has 0 bridgehead atoms. The summed E-state index contributed by atoms with van der Waals surface area (Å²) in [5.74, 6) is 0.565. The molecule has 0 aromatic heterocycles. The number of hydrogen-bond acceptors (Lipinski definition) is 6. The Bertz CT molecular complexity index is 217. The normalized spacial score (nSPS) is 11.6. The fourth-order valence-corrected chi connectivity index (χ4v) is 6.12. The van der Waals surface area contributed by atoms with Crippen LogP contribution in [0.4, 0.5) is 0 Å². The minimum atomic E-state index is -0.951. The maximum Gasteiger partial charge on any atom is 0.306 e. The van der Waals surface area contributed by atoms with Gasteiger partial charge in [0.1, 0.15) is 0 Å². The Morgan fingerprint density at radius 3 is 2.17 bits per heavy atom. The highest BCUT2D eigenvalue weighted by molar-refractivity contribution is 8.97. The topological polar surface area (TPSA) is 44.8 Å². The van der Waals surface area contributed by atoms with Crippen LogP contribution < -0.4 is 0 Å². The van der Waals surface area contributed by atoms with Gasteiger partial charge in [-0.3, -0.25) is 4.79 Å². The Kier molecular flexibility index (Phi) is 11.7. The Morgan fingerprint density at radius 1 is 1.17 bits per heavy atom. The highest BCUT2D eigenvalue weighted by atomic mass is 33.3. The van der Waals surface area contributed by atoms with E-state index in [1.54, 1.807) is 21.2 Å². The first-order valence-electron chi connectivity index (χ1n) is 6.04. The van der Waals surface area contributed by atoms with Gasteiger partial charge < -0.3 is 13.8 Å². The third-order valence-electron chi connectivity index (χ3n) is 1.40. The first-order chi connectivity index (χ1) is 8.45. The van der Waals surface area contributed by atoms with Crippen molar-refractivity contribution in [2.45, 2.75) is 53.2 Å². The van der Waals surface area contributed by atoms with Crippen molar-refractivity contribution < 1.29 is 18.6 Å². The predicted octanol–water partition coefficient (Wildman–Crippen LogP) is 4.40. The van der Waals surface area contributed by atoms with Crippen LogP contribution in [0.3, 0.4) is 0 Å². The second-order valence-electron chi connectivity index (χ2n) is 3.98. The van der Waals surface area contributed by atoms with Gasteiger partial charge in [0.05, 0.1) is 25.2 Å². The molecule has 0 N–H and O–H groups in total. The molecule has 0 saturated carbocycles. The smallest absolute Gasteiger partial charge is 0.306 e. The molecule has 18 heavy (non-hydrogen) atoms. The van der Waals surface area contributed by atoms with E-state index >= 15 is 0 Å². The van der Waals surface area contributed by atoms with Gasteiger partial charge in [0.25, 0.3) is 0 Å². The van der Waals surface area contributed by atoms with E-state index in [-0.39, 0.29) is 18.2 Å². The van der Waals surface area contributed by atoms with Crippen molar-refractivity contribution in [3.8, 4) is 0 Å². The molecule has 0 heterocycles.